The number of thioether (sulfide) groups is 1. The number of hydrogen-bond acceptors (Lipinski definition) is 6. The highest BCUT2D eigenvalue weighted by Crippen LogP contribution is 2.24. The first-order chi connectivity index (χ1) is 10.7. The van der Waals surface area contributed by atoms with Gasteiger partial charge >= 0.3 is 0 Å². The molecule has 3 aromatic rings. The molecule has 7 heteroatoms. The number of imidazole rings is 1. The second-order valence-electron chi connectivity index (χ2n) is 5.08. The van der Waals surface area contributed by atoms with Gasteiger partial charge in [-0.2, -0.15) is 0 Å². The summed E-state index contributed by atoms with van der Waals surface area (Å²) in [6.07, 6.45) is 6.38. The first kappa shape index (κ1) is 14.8. The van der Waals surface area contributed by atoms with Crippen molar-refractivity contribution in [3.63, 3.8) is 0 Å². The number of rotatable bonds is 5. The molecule has 0 radical (unpaired) electrons. The van der Waals surface area contributed by atoms with E-state index in [9.17, 15) is 0 Å². The third-order valence-corrected chi connectivity index (χ3v) is 4.54. The van der Waals surface area contributed by atoms with Gasteiger partial charge in [-0.25, -0.2) is 19.9 Å². The summed E-state index contributed by atoms with van der Waals surface area (Å²) in [5.41, 5.74) is 9.94. The van der Waals surface area contributed by atoms with Gasteiger partial charge in [0.25, 0.3) is 0 Å². The quantitative estimate of drug-likeness (QED) is 0.443. The number of hydrogen-bond donors (Lipinski definition) is 1. The van der Waals surface area contributed by atoms with Gasteiger partial charge in [-0.1, -0.05) is 11.8 Å². The van der Waals surface area contributed by atoms with E-state index in [0.29, 0.717) is 5.82 Å². The van der Waals surface area contributed by atoms with Gasteiger partial charge in [0, 0.05) is 30.4 Å². The standard InChI is InChI=1S/C15H18N6S/c1-10-11(2)20-14(16)12-13(10)21(9-19-12)7-4-8-22-15-17-5-3-6-18-15/h3,5-6,9H,4,7-8H2,1-2H3,(H2,16,20). The number of fused-ring (bicyclic) bond motifs is 1. The Morgan fingerprint density at radius 1 is 1.18 bits per heavy atom. The van der Waals surface area contributed by atoms with E-state index in [4.69, 9.17) is 5.73 Å². The molecule has 22 heavy (non-hydrogen) atoms. The molecule has 0 atom stereocenters. The fourth-order valence-electron chi connectivity index (χ4n) is 2.38. The zero-order chi connectivity index (χ0) is 15.5. The van der Waals surface area contributed by atoms with E-state index in [-0.39, 0.29) is 0 Å². The van der Waals surface area contributed by atoms with Crippen LogP contribution >= 0.6 is 11.8 Å². The molecule has 3 heterocycles. The van der Waals surface area contributed by atoms with Crippen LogP contribution in [0.4, 0.5) is 5.82 Å². The van der Waals surface area contributed by atoms with Crippen molar-refractivity contribution in [2.45, 2.75) is 32.0 Å². The molecule has 0 saturated heterocycles. The molecule has 0 aromatic carbocycles. The molecule has 0 unspecified atom stereocenters. The molecule has 0 bridgehead atoms. The molecular weight excluding hydrogens is 296 g/mol. The molecule has 6 nitrogen and oxygen atoms in total. The summed E-state index contributed by atoms with van der Waals surface area (Å²) in [5.74, 6) is 1.46. The normalized spacial score (nSPS) is 11.2. The zero-order valence-corrected chi connectivity index (χ0v) is 13.5. The summed E-state index contributed by atoms with van der Waals surface area (Å²) in [7, 11) is 0. The fourth-order valence-corrected chi connectivity index (χ4v) is 3.11. The lowest BCUT2D eigenvalue weighted by Gasteiger charge is -2.08. The second kappa shape index (κ2) is 6.31. The Hall–Kier alpha value is -2.15. The van der Waals surface area contributed by atoms with Gasteiger partial charge in [-0.05, 0) is 31.9 Å². The summed E-state index contributed by atoms with van der Waals surface area (Å²) in [4.78, 5) is 17.1. The number of nitrogens with zero attached hydrogens (tertiary/aromatic N) is 5. The van der Waals surface area contributed by atoms with Gasteiger partial charge in [0.2, 0.25) is 0 Å². The van der Waals surface area contributed by atoms with Crippen molar-refractivity contribution in [3.8, 4) is 0 Å². The average Bonchev–Trinajstić information content (AvgIpc) is 2.95. The summed E-state index contributed by atoms with van der Waals surface area (Å²) >= 11 is 1.67. The third-order valence-electron chi connectivity index (χ3n) is 3.58. The molecule has 3 rings (SSSR count). The minimum atomic E-state index is 0.504. The van der Waals surface area contributed by atoms with E-state index in [1.807, 2.05) is 19.3 Å². The van der Waals surface area contributed by atoms with Crippen molar-refractivity contribution in [3.05, 3.63) is 36.0 Å². The Labute approximate surface area is 133 Å². The van der Waals surface area contributed by atoms with Crippen LogP contribution < -0.4 is 5.73 Å². The highest BCUT2D eigenvalue weighted by Gasteiger charge is 2.12. The van der Waals surface area contributed by atoms with Gasteiger partial charge in [0.05, 0.1) is 11.8 Å². The van der Waals surface area contributed by atoms with Gasteiger partial charge in [0.15, 0.2) is 11.0 Å². The number of anilines is 1. The predicted octanol–water partition coefficient (Wildman–Crippen LogP) is 2.60. The van der Waals surface area contributed by atoms with E-state index in [1.165, 1.54) is 0 Å². The molecule has 2 N–H and O–H groups in total. The van der Waals surface area contributed by atoms with Crippen LogP contribution in [0.1, 0.15) is 17.7 Å². The molecule has 3 aromatic heterocycles. The highest BCUT2D eigenvalue weighted by atomic mass is 32.2. The number of aryl methyl sites for hydroxylation is 3. The third kappa shape index (κ3) is 2.89. The average molecular weight is 314 g/mol. The molecule has 0 aliphatic rings. The smallest absolute Gasteiger partial charge is 0.187 e. The van der Waals surface area contributed by atoms with Crippen molar-refractivity contribution in [1.29, 1.82) is 0 Å². The Balaban J connectivity index is 1.70. The Morgan fingerprint density at radius 3 is 2.73 bits per heavy atom. The second-order valence-corrected chi connectivity index (χ2v) is 6.14. The minimum Gasteiger partial charge on any atom is -0.382 e. The predicted molar refractivity (Wildman–Crippen MR) is 88.8 cm³/mol. The first-order valence-electron chi connectivity index (χ1n) is 7.14. The van der Waals surface area contributed by atoms with Crippen LogP contribution in [-0.2, 0) is 6.54 Å². The number of pyridine rings is 1. The van der Waals surface area contributed by atoms with Crippen LogP contribution in [0.2, 0.25) is 0 Å². The van der Waals surface area contributed by atoms with Crippen molar-refractivity contribution in [2.24, 2.45) is 0 Å². The largest absolute Gasteiger partial charge is 0.382 e. The van der Waals surface area contributed by atoms with Gasteiger partial charge < -0.3 is 10.3 Å². The molecule has 0 spiro atoms. The summed E-state index contributed by atoms with van der Waals surface area (Å²) in [6.45, 7) is 4.93. The van der Waals surface area contributed by atoms with E-state index in [0.717, 1.165) is 46.2 Å². The van der Waals surface area contributed by atoms with Crippen LogP contribution in [0.5, 0.6) is 0 Å². The summed E-state index contributed by atoms with van der Waals surface area (Å²) in [5, 5.41) is 0.818. The molecule has 0 aliphatic heterocycles. The molecule has 0 saturated carbocycles. The van der Waals surface area contributed by atoms with Crippen LogP contribution in [0.15, 0.2) is 29.9 Å². The van der Waals surface area contributed by atoms with Crippen molar-refractivity contribution >= 4 is 28.6 Å². The minimum absolute atomic E-state index is 0.504. The van der Waals surface area contributed by atoms with Crippen LogP contribution in [0.3, 0.4) is 0 Å². The van der Waals surface area contributed by atoms with Gasteiger partial charge in [0.1, 0.15) is 5.52 Å². The lowest BCUT2D eigenvalue weighted by atomic mass is 10.2. The van der Waals surface area contributed by atoms with Crippen LogP contribution in [-0.4, -0.2) is 30.3 Å². The topological polar surface area (TPSA) is 82.5 Å². The van der Waals surface area contributed by atoms with Gasteiger partial charge in [-0.15, -0.1) is 0 Å². The molecule has 0 fully saturated rings. The fraction of sp³-hybridized carbons (Fsp3) is 0.333. The molecular formula is C15H18N6S. The Bertz CT molecular complexity index is 784. The SMILES string of the molecule is Cc1nc(N)c2ncn(CCCSc3ncccn3)c2c1C. The first-order valence-corrected chi connectivity index (χ1v) is 8.12. The van der Waals surface area contributed by atoms with E-state index in [2.05, 4.69) is 31.4 Å². The Kier molecular flexibility index (Phi) is 4.24. The number of nitrogen functional groups attached to an aromatic ring is 1. The molecule has 114 valence electrons. The summed E-state index contributed by atoms with van der Waals surface area (Å²) < 4.78 is 2.15. The summed E-state index contributed by atoms with van der Waals surface area (Å²) in [6, 6.07) is 1.82. The van der Waals surface area contributed by atoms with Crippen molar-refractivity contribution in [1.82, 2.24) is 24.5 Å². The van der Waals surface area contributed by atoms with E-state index < -0.39 is 0 Å². The lowest BCUT2D eigenvalue weighted by Crippen LogP contribution is -2.02. The molecule has 0 aliphatic carbocycles. The van der Waals surface area contributed by atoms with Crippen LogP contribution in [0.25, 0.3) is 11.0 Å². The van der Waals surface area contributed by atoms with Crippen molar-refractivity contribution in [2.75, 3.05) is 11.5 Å². The maximum atomic E-state index is 5.96. The molecule has 0 amide bonds. The highest BCUT2D eigenvalue weighted by molar-refractivity contribution is 7.99. The van der Waals surface area contributed by atoms with Gasteiger partial charge in [-0.3, -0.25) is 0 Å². The maximum Gasteiger partial charge on any atom is 0.187 e. The van der Waals surface area contributed by atoms with Crippen molar-refractivity contribution < 1.29 is 0 Å². The maximum absolute atomic E-state index is 5.96. The van der Waals surface area contributed by atoms with E-state index >= 15 is 0 Å². The lowest BCUT2D eigenvalue weighted by molar-refractivity contribution is 0.700. The van der Waals surface area contributed by atoms with Crippen LogP contribution in [0, 0.1) is 13.8 Å². The zero-order valence-electron chi connectivity index (χ0n) is 12.7. The monoisotopic (exact) mass is 314 g/mol. The van der Waals surface area contributed by atoms with E-state index in [1.54, 1.807) is 24.2 Å². The number of aromatic nitrogens is 5. The number of nitrogens with two attached hydrogens (primary N) is 1. The Morgan fingerprint density at radius 2 is 1.95 bits per heavy atom.